The second kappa shape index (κ2) is 7.90. The molecule has 3 aromatic heterocycles. The minimum atomic E-state index is -4.76. The van der Waals surface area contributed by atoms with E-state index in [0.717, 1.165) is 10.5 Å². The first kappa shape index (κ1) is 23.8. The third-order valence-corrected chi connectivity index (χ3v) is 6.40. The van der Waals surface area contributed by atoms with Crippen molar-refractivity contribution in [2.24, 2.45) is 0 Å². The van der Waals surface area contributed by atoms with Crippen LogP contribution in [0.15, 0.2) is 40.5 Å². The van der Waals surface area contributed by atoms with Gasteiger partial charge in [0.25, 0.3) is 11.5 Å². The van der Waals surface area contributed by atoms with E-state index in [1.165, 1.54) is 6.92 Å². The fraction of sp³-hybridized carbons (Fsp3) is 0.389. The summed E-state index contributed by atoms with van der Waals surface area (Å²) in [5.41, 5.74) is -3.12. The van der Waals surface area contributed by atoms with Crippen LogP contribution in [-0.4, -0.2) is 45.2 Å². The van der Waals surface area contributed by atoms with Gasteiger partial charge in [-0.2, -0.15) is 13.2 Å². The molecule has 32 heavy (non-hydrogen) atoms. The Labute approximate surface area is 177 Å². The van der Waals surface area contributed by atoms with Crippen LogP contribution in [0.2, 0.25) is 0 Å². The Bertz CT molecular complexity index is 1330. The summed E-state index contributed by atoms with van der Waals surface area (Å²) in [5.74, 6) is -4.36. The molecular formula is C18H16F6N4O3S. The van der Waals surface area contributed by atoms with E-state index in [4.69, 9.17) is 0 Å². The zero-order chi connectivity index (χ0) is 24.1. The number of fused-ring (bicyclic) bond motifs is 1. The van der Waals surface area contributed by atoms with Crippen LogP contribution in [0.5, 0.6) is 0 Å². The number of imidazole rings is 1. The van der Waals surface area contributed by atoms with Gasteiger partial charge in [-0.1, -0.05) is 6.92 Å². The van der Waals surface area contributed by atoms with Crippen LogP contribution in [0.1, 0.15) is 19.4 Å². The summed E-state index contributed by atoms with van der Waals surface area (Å²) in [5, 5.41) is -0.631. The van der Waals surface area contributed by atoms with Gasteiger partial charge in [-0.05, 0) is 19.1 Å². The van der Waals surface area contributed by atoms with Crippen molar-refractivity contribution in [1.29, 1.82) is 0 Å². The lowest BCUT2D eigenvalue weighted by atomic mass is 10.2. The predicted molar refractivity (Wildman–Crippen MR) is 101 cm³/mol. The van der Waals surface area contributed by atoms with Crippen molar-refractivity contribution in [2.75, 3.05) is 5.75 Å². The van der Waals surface area contributed by atoms with Crippen LogP contribution < -0.4 is 5.56 Å². The Balaban J connectivity index is 2.22. The van der Waals surface area contributed by atoms with Gasteiger partial charge in [0.1, 0.15) is 11.3 Å². The van der Waals surface area contributed by atoms with Gasteiger partial charge in [0.15, 0.2) is 21.0 Å². The molecule has 0 aliphatic rings. The second-order valence-corrected chi connectivity index (χ2v) is 9.12. The van der Waals surface area contributed by atoms with E-state index in [2.05, 4.69) is 9.97 Å². The topological polar surface area (TPSA) is 86.3 Å². The summed E-state index contributed by atoms with van der Waals surface area (Å²) in [6, 6.07) is 2.37. The Kier molecular flexibility index (Phi) is 5.87. The molecule has 0 bridgehead atoms. The number of alkyl halides is 6. The molecule has 174 valence electrons. The number of hydrogen-bond donors (Lipinski definition) is 0. The maximum Gasteiger partial charge on any atom is 0.417 e. The second-order valence-electron chi connectivity index (χ2n) is 6.93. The predicted octanol–water partition coefficient (Wildman–Crippen LogP) is 3.36. The third-order valence-electron chi connectivity index (χ3n) is 4.66. The Morgan fingerprint density at radius 3 is 2.34 bits per heavy atom. The highest BCUT2D eigenvalue weighted by Crippen LogP contribution is 2.33. The molecule has 0 saturated carbocycles. The van der Waals surface area contributed by atoms with Crippen molar-refractivity contribution in [3.63, 3.8) is 0 Å². The molecule has 0 amide bonds. The highest BCUT2D eigenvalue weighted by molar-refractivity contribution is 7.91. The summed E-state index contributed by atoms with van der Waals surface area (Å²) >= 11 is 0. The first-order valence-electron chi connectivity index (χ1n) is 9.08. The zero-order valence-electron chi connectivity index (χ0n) is 16.6. The summed E-state index contributed by atoms with van der Waals surface area (Å²) < 4.78 is 106. The number of rotatable bonds is 6. The van der Waals surface area contributed by atoms with Crippen LogP contribution in [0.25, 0.3) is 17.0 Å². The van der Waals surface area contributed by atoms with E-state index in [1.807, 2.05) is 0 Å². The van der Waals surface area contributed by atoms with Crippen LogP contribution in [0, 0.1) is 0 Å². The molecule has 7 nitrogen and oxygen atoms in total. The summed E-state index contributed by atoms with van der Waals surface area (Å²) in [6.07, 6.45) is -6.08. The number of aromatic nitrogens is 4. The highest BCUT2D eigenvalue weighted by Gasteiger charge is 2.38. The smallest absolute Gasteiger partial charge is 0.293 e. The summed E-state index contributed by atoms with van der Waals surface area (Å²) in [6.45, 7) is 0.579. The molecule has 0 aromatic carbocycles. The standard InChI is InChI=1S/C18H16F6N4O3S/c1-3-32(30,31)16-15(26-13-5-4-11(7-28(13)16)18(22,23)24)12-6-14(29)27(9-25-12)8-17(20,21)10(2)19/h4-7,9-10H,3,8H2,1-2H3. The SMILES string of the molecule is CCS(=O)(=O)c1c(-c2cc(=O)n(CC(F)(F)C(C)F)cn2)nc2ccc(C(F)(F)F)cn12. The number of hydrogen-bond acceptors (Lipinski definition) is 5. The zero-order valence-corrected chi connectivity index (χ0v) is 17.4. The van der Waals surface area contributed by atoms with E-state index in [0.29, 0.717) is 36.1 Å². The lowest BCUT2D eigenvalue weighted by molar-refractivity contribution is -0.137. The van der Waals surface area contributed by atoms with Crippen LogP contribution in [-0.2, 0) is 22.6 Å². The molecule has 3 aromatic rings. The maximum absolute atomic E-state index is 13.6. The van der Waals surface area contributed by atoms with E-state index >= 15 is 0 Å². The number of nitrogens with zero attached hydrogens (tertiary/aromatic N) is 4. The number of halogens is 6. The van der Waals surface area contributed by atoms with E-state index in [9.17, 15) is 39.6 Å². The van der Waals surface area contributed by atoms with Gasteiger partial charge >= 0.3 is 6.18 Å². The fourth-order valence-electron chi connectivity index (χ4n) is 2.82. The quantitative estimate of drug-likeness (QED) is 0.503. The summed E-state index contributed by atoms with van der Waals surface area (Å²) in [7, 11) is -4.17. The molecule has 1 atom stereocenters. The summed E-state index contributed by atoms with van der Waals surface area (Å²) in [4.78, 5) is 20.0. The van der Waals surface area contributed by atoms with E-state index < -0.39 is 62.2 Å². The fourth-order valence-corrected chi connectivity index (χ4v) is 3.98. The monoisotopic (exact) mass is 482 g/mol. The molecule has 0 spiro atoms. The Hall–Kier alpha value is -2.90. The molecule has 0 fully saturated rings. The van der Waals surface area contributed by atoms with Crippen molar-refractivity contribution in [3.8, 4) is 11.4 Å². The van der Waals surface area contributed by atoms with Crippen molar-refractivity contribution in [2.45, 2.75) is 43.7 Å². The van der Waals surface area contributed by atoms with Crippen LogP contribution >= 0.6 is 0 Å². The van der Waals surface area contributed by atoms with E-state index in [-0.39, 0.29) is 11.3 Å². The molecule has 0 N–H and O–H groups in total. The minimum absolute atomic E-state index is 0.163. The molecular weight excluding hydrogens is 466 g/mol. The molecule has 0 saturated heterocycles. The Morgan fingerprint density at radius 1 is 1.16 bits per heavy atom. The molecule has 0 aliphatic carbocycles. The van der Waals surface area contributed by atoms with Gasteiger partial charge in [0.2, 0.25) is 0 Å². The first-order chi connectivity index (χ1) is 14.7. The molecule has 14 heteroatoms. The minimum Gasteiger partial charge on any atom is -0.293 e. The normalized spacial score (nSPS) is 14.1. The Morgan fingerprint density at radius 2 is 1.81 bits per heavy atom. The average Bonchev–Trinajstić information content (AvgIpc) is 3.08. The van der Waals surface area contributed by atoms with Gasteiger partial charge in [0.05, 0.1) is 29.9 Å². The van der Waals surface area contributed by atoms with Gasteiger partial charge in [-0.15, -0.1) is 0 Å². The van der Waals surface area contributed by atoms with E-state index in [1.54, 1.807) is 0 Å². The van der Waals surface area contributed by atoms with Crippen molar-refractivity contribution < 1.29 is 34.8 Å². The maximum atomic E-state index is 13.6. The lowest BCUT2D eigenvalue weighted by Crippen LogP contribution is -2.37. The van der Waals surface area contributed by atoms with Gasteiger partial charge in [-0.3, -0.25) is 13.8 Å². The first-order valence-corrected chi connectivity index (χ1v) is 10.7. The molecule has 3 rings (SSSR count). The van der Waals surface area contributed by atoms with Crippen LogP contribution in [0.3, 0.4) is 0 Å². The third kappa shape index (κ3) is 4.36. The lowest BCUT2D eigenvalue weighted by Gasteiger charge is -2.18. The van der Waals surface area contributed by atoms with Gasteiger partial charge in [-0.25, -0.2) is 31.6 Å². The highest BCUT2D eigenvalue weighted by atomic mass is 32.2. The van der Waals surface area contributed by atoms with Crippen LogP contribution in [0.4, 0.5) is 26.3 Å². The van der Waals surface area contributed by atoms with Gasteiger partial charge in [0, 0.05) is 12.3 Å². The number of sulfone groups is 1. The molecule has 0 radical (unpaired) electrons. The van der Waals surface area contributed by atoms with Crippen molar-refractivity contribution >= 4 is 15.5 Å². The van der Waals surface area contributed by atoms with Crippen molar-refractivity contribution in [3.05, 3.63) is 46.6 Å². The number of pyridine rings is 1. The van der Waals surface area contributed by atoms with Gasteiger partial charge < -0.3 is 0 Å². The van der Waals surface area contributed by atoms with Crippen molar-refractivity contribution in [1.82, 2.24) is 18.9 Å². The average molecular weight is 482 g/mol. The largest absolute Gasteiger partial charge is 0.417 e. The molecule has 1 unspecified atom stereocenters. The molecule has 0 aliphatic heterocycles. The molecule has 3 heterocycles.